The molecule has 0 amide bonds. The van der Waals surface area contributed by atoms with Gasteiger partial charge in [0, 0.05) is 0 Å². The van der Waals surface area contributed by atoms with E-state index in [1.165, 1.54) is 19.1 Å². The van der Waals surface area contributed by atoms with Gasteiger partial charge in [-0.25, -0.2) is 4.79 Å². The first-order valence-corrected chi connectivity index (χ1v) is 5.62. The molecule has 0 aliphatic rings. The van der Waals surface area contributed by atoms with Crippen LogP contribution in [0.2, 0.25) is 0 Å². The molecule has 0 atom stereocenters. The normalized spacial score (nSPS) is 10.2. The maximum absolute atomic E-state index is 11.4. The maximum atomic E-state index is 11.4. The summed E-state index contributed by atoms with van der Waals surface area (Å²) in [5.41, 5.74) is 0.479. The van der Waals surface area contributed by atoms with Crippen LogP contribution in [0.5, 0.6) is 5.75 Å². The average molecular weight is 260 g/mol. The highest BCUT2D eigenvalue weighted by molar-refractivity contribution is 5.96. The maximum Gasteiger partial charge on any atom is 0.371 e. The number of furan rings is 1. The molecule has 0 saturated carbocycles. The molecule has 0 aliphatic carbocycles. The van der Waals surface area contributed by atoms with Crippen molar-refractivity contribution in [1.29, 1.82) is 0 Å². The van der Waals surface area contributed by atoms with Gasteiger partial charge in [0.1, 0.15) is 18.1 Å². The zero-order valence-corrected chi connectivity index (χ0v) is 10.3. The number of rotatable bonds is 5. The number of carbonyl (C=O) groups excluding carboxylic acids is 1. The van der Waals surface area contributed by atoms with E-state index in [9.17, 15) is 9.59 Å². The number of Topliss-reactive ketones (excluding diaryl/α,β-unsaturated/α-hetero) is 1. The van der Waals surface area contributed by atoms with E-state index in [2.05, 4.69) is 0 Å². The molecule has 2 rings (SSSR count). The Hall–Kier alpha value is -2.56. The molecule has 5 nitrogen and oxygen atoms in total. The predicted molar refractivity (Wildman–Crippen MR) is 66.4 cm³/mol. The third-order valence-corrected chi connectivity index (χ3v) is 2.51. The summed E-state index contributed by atoms with van der Waals surface area (Å²) in [7, 11) is 0. The van der Waals surface area contributed by atoms with Gasteiger partial charge in [0.2, 0.25) is 5.76 Å². The Balaban J connectivity index is 2.10. The highest BCUT2D eigenvalue weighted by Crippen LogP contribution is 2.20. The molecule has 5 heteroatoms. The van der Waals surface area contributed by atoms with Gasteiger partial charge < -0.3 is 14.3 Å². The lowest BCUT2D eigenvalue weighted by Crippen LogP contribution is -2.01. The first-order valence-electron chi connectivity index (χ1n) is 5.62. The highest BCUT2D eigenvalue weighted by atomic mass is 16.5. The Morgan fingerprint density at radius 1 is 1.21 bits per heavy atom. The van der Waals surface area contributed by atoms with Crippen molar-refractivity contribution >= 4 is 11.8 Å². The summed E-state index contributed by atoms with van der Waals surface area (Å²) in [6, 6.07) is 9.74. The van der Waals surface area contributed by atoms with E-state index < -0.39 is 5.97 Å². The Labute approximate surface area is 109 Å². The number of carboxylic acid groups (broad SMARTS) is 1. The van der Waals surface area contributed by atoms with Crippen molar-refractivity contribution in [3.63, 3.8) is 0 Å². The van der Waals surface area contributed by atoms with E-state index in [0.717, 1.165) is 0 Å². The summed E-state index contributed by atoms with van der Waals surface area (Å²) >= 11 is 0. The summed E-state index contributed by atoms with van der Waals surface area (Å²) < 4.78 is 10.5. The van der Waals surface area contributed by atoms with E-state index in [1.54, 1.807) is 24.3 Å². The SMILES string of the molecule is CC(=O)c1ccccc1OCc1ccc(C(=O)O)o1. The van der Waals surface area contributed by atoms with Gasteiger partial charge in [0.05, 0.1) is 5.56 Å². The monoisotopic (exact) mass is 260 g/mol. The molecule has 0 radical (unpaired) electrons. The summed E-state index contributed by atoms with van der Waals surface area (Å²) in [6.07, 6.45) is 0. The molecular weight excluding hydrogens is 248 g/mol. The highest BCUT2D eigenvalue weighted by Gasteiger charge is 2.11. The average Bonchev–Trinajstić information content (AvgIpc) is 2.85. The summed E-state index contributed by atoms with van der Waals surface area (Å²) in [6.45, 7) is 1.52. The molecule has 0 aliphatic heterocycles. The molecule has 1 heterocycles. The van der Waals surface area contributed by atoms with Crippen molar-refractivity contribution in [2.45, 2.75) is 13.5 Å². The molecule has 19 heavy (non-hydrogen) atoms. The molecule has 0 bridgehead atoms. The minimum Gasteiger partial charge on any atom is -0.485 e. The first-order chi connectivity index (χ1) is 9.08. The van der Waals surface area contributed by atoms with Gasteiger partial charge in [0.15, 0.2) is 5.78 Å². The molecule has 0 saturated heterocycles. The van der Waals surface area contributed by atoms with Crippen LogP contribution in [0.1, 0.15) is 33.6 Å². The van der Waals surface area contributed by atoms with E-state index >= 15 is 0 Å². The van der Waals surface area contributed by atoms with Crippen molar-refractivity contribution in [3.8, 4) is 5.75 Å². The molecule has 0 unspecified atom stereocenters. The zero-order valence-electron chi connectivity index (χ0n) is 10.3. The van der Waals surface area contributed by atoms with Gasteiger partial charge in [-0.1, -0.05) is 12.1 Å². The Kier molecular flexibility index (Phi) is 3.66. The van der Waals surface area contributed by atoms with Crippen molar-refractivity contribution in [2.75, 3.05) is 0 Å². The van der Waals surface area contributed by atoms with Crippen LogP contribution in [0.25, 0.3) is 0 Å². The fraction of sp³-hybridized carbons (Fsp3) is 0.143. The fourth-order valence-electron chi connectivity index (χ4n) is 1.60. The van der Waals surface area contributed by atoms with Crippen LogP contribution >= 0.6 is 0 Å². The molecule has 1 aromatic heterocycles. The van der Waals surface area contributed by atoms with Crippen LogP contribution in [-0.4, -0.2) is 16.9 Å². The summed E-state index contributed by atoms with van der Waals surface area (Å²) in [4.78, 5) is 22.0. The largest absolute Gasteiger partial charge is 0.485 e. The summed E-state index contributed by atoms with van der Waals surface area (Å²) in [5.74, 6) is -0.533. The van der Waals surface area contributed by atoms with E-state index in [0.29, 0.717) is 17.1 Å². The number of hydrogen-bond donors (Lipinski definition) is 1. The third-order valence-electron chi connectivity index (χ3n) is 2.51. The number of carboxylic acids is 1. The molecular formula is C14H12O5. The van der Waals surface area contributed by atoms with Crippen LogP contribution in [0.3, 0.4) is 0 Å². The first kappa shape index (κ1) is 12.9. The number of ketones is 1. The van der Waals surface area contributed by atoms with Gasteiger partial charge in [-0.05, 0) is 31.2 Å². The van der Waals surface area contributed by atoms with Crippen molar-refractivity contribution in [2.24, 2.45) is 0 Å². The minimum absolute atomic E-state index is 0.0670. The van der Waals surface area contributed by atoms with Gasteiger partial charge in [-0.2, -0.15) is 0 Å². The van der Waals surface area contributed by atoms with Gasteiger partial charge in [0.25, 0.3) is 0 Å². The molecule has 0 spiro atoms. The standard InChI is InChI=1S/C14H12O5/c1-9(15)11-4-2-3-5-12(11)18-8-10-6-7-13(19-10)14(16)17/h2-7H,8H2,1H3,(H,16,17). The lowest BCUT2D eigenvalue weighted by molar-refractivity contribution is 0.0658. The van der Waals surface area contributed by atoms with Crippen LogP contribution in [0.4, 0.5) is 0 Å². The fourth-order valence-corrected chi connectivity index (χ4v) is 1.60. The number of carbonyl (C=O) groups is 2. The summed E-state index contributed by atoms with van der Waals surface area (Å²) in [5, 5.41) is 8.72. The van der Waals surface area contributed by atoms with Crippen molar-refractivity contribution < 1.29 is 23.8 Å². The van der Waals surface area contributed by atoms with Gasteiger partial charge in [-0.3, -0.25) is 4.79 Å². The van der Waals surface area contributed by atoms with Crippen molar-refractivity contribution in [1.82, 2.24) is 0 Å². The van der Waals surface area contributed by atoms with E-state index in [1.807, 2.05) is 0 Å². The van der Waals surface area contributed by atoms with Gasteiger partial charge in [-0.15, -0.1) is 0 Å². The number of hydrogen-bond acceptors (Lipinski definition) is 4. The van der Waals surface area contributed by atoms with Crippen molar-refractivity contribution in [3.05, 3.63) is 53.5 Å². The lowest BCUT2D eigenvalue weighted by atomic mass is 10.1. The quantitative estimate of drug-likeness (QED) is 0.836. The number of aromatic carboxylic acids is 1. The number of benzene rings is 1. The van der Waals surface area contributed by atoms with Gasteiger partial charge >= 0.3 is 5.97 Å². The van der Waals surface area contributed by atoms with E-state index in [-0.39, 0.29) is 18.2 Å². The van der Waals surface area contributed by atoms with Crippen LogP contribution in [0, 0.1) is 0 Å². The third kappa shape index (κ3) is 3.01. The molecule has 1 aromatic carbocycles. The lowest BCUT2D eigenvalue weighted by Gasteiger charge is -2.07. The predicted octanol–water partition coefficient (Wildman–Crippen LogP) is 2.76. The smallest absolute Gasteiger partial charge is 0.371 e. The number of ether oxygens (including phenoxy) is 1. The molecule has 98 valence electrons. The second kappa shape index (κ2) is 5.39. The Bertz CT molecular complexity index is 612. The zero-order chi connectivity index (χ0) is 13.8. The van der Waals surface area contributed by atoms with Crippen LogP contribution in [-0.2, 0) is 6.61 Å². The Morgan fingerprint density at radius 2 is 1.95 bits per heavy atom. The molecule has 2 aromatic rings. The van der Waals surface area contributed by atoms with Crippen LogP contribution < -0.4 is 4.74 Å². The van der Waals surface area contributed by atoms with E-state index in [4.69, 9.17) is 14.3 Å². The van der Waals surface area contributed by atoms with Crippen LogP contribution in [0.15, 0.2) is 40.8 Å². The number of para-hydroxylation sites is 1. The minimum atomic E-state index is -1.13. The second-order valence-electron chi connectivity index (χ2n) is 3.91. The Morgan fingerprint density at radius 3 is 2.58 bits per heavy atom. The molecule has 0 fully saturated rings. The molecule has 1 N–H and O–H groups in total. The second-order valence-corrected chi connectivity index (χ2v) is 3.91. The topological polar surface area (TPSA) is 76.7 Å².